The fraction of sp³-hybridized carbons (Fsp3) is 0.471. The highest BCUT2D eigenvalue weighted by Crippen LogP contribution is 2.26. The predicted octanol–water partition coefficient (Wildman–Crippen LogP) is 4.01. The summed E-state index contributed by atoms with van der Waals surface area (Å²) in [5, 5.41) is 2.54. The summed E-state index contributed by atoms with van der Waals surface area (Å²) in [5.41, 5.74) is 1.33. The topological polar surface area (TPSA) is 55.3 Å². The number of carbonyl (C=O) groups is 1. The third kappa shape index (κ3) is 4.76. The number of ether oxygens (including phenoxy) is 1. The zero-order valence-electron chi connectivity index (χ0n) is 13.9. The molecule has 2 rings (SSSR count). The molecule has 124 valence electrons. The summed E-state index contributed by atoms with van der Waals surface area (Å²) in [5.74, 6) is 0.549. The summed E-state index contributed by atoms with van der Waals surface area (Å²) < 4.78 is 4.98. The first-order chi connectivity index (χ1) is 11.2. The van der Waals surface area contributed by atoms with E-state index < -0.39 is 0 Å². The third-order valence-corrected chi connectivity index (χ3v) is 4.36. The van der Waals surface area contributed by atoms with Crippen LogP contribution >= 0.6 is 11.3 Å². The minimum absolute atomic E-state index is 0.355. The molecule has 0 saturated carbocycles. The molecule has 23 heavy (non-hydrogen) atoms. The van der Waals surface area contributed by atoms with Gasteiger partial charge >= 0.3 is 5.97 Å². The first-order valence-corrected chi connectivity index (χ1v) is 8.83. The summed E-state index contributed by atoms with van der Waals surface area (Å²) in [4.78, 5) is 22.7. The lowest BCUT2D eigenvalue weighted by Crippen LogP contribution is -2.19. The van der Waals surface area contributed by atoms with Crippen molar-refractivity contribution in [2.45, 2.75) is 33.1 Å². The Labute approximate surface area is 141 Å². The van der Waals surface area contributed by atoms with Gasteiger partial charge in [-0.3, -0.25) is 0 Å². The molecule has 0 atom stereocenters. The fourth-order valence-electron chi connectivity index (χ4n) is 2.18. The van der Waals surface area contributed by atoms with Crippen molar-refractivity contribution in [3.05, 3.63) is 29.4 Å². The molecule has 0 bridgehead atoms. The molecule has 0 aliphatic heterocycles. The quantitative estimate of drug-likeness (QED) is 0.540. The second-order valence-corrected chi connectivity index (χ2v) is 6.15. The van der Waals surface area contributed by atoms with Gasteiger partial charge in [-0.1, -0.05) is 19.8 Å². The number of unbranched alkanes of at least 4 members (excludes halogenated alkanes) is 2. The van der Waals surface area contributed by atoms with Crippen molar-refractivity contribution in [2.24, 2.45) is 0 Å². The number of pyridine rings is 1. The van der Waals surface area contributed by atoms with Gasteiger partial charge in [0.25, 0.3) is 0 Å². The molecule has 2 aromatic rings. The van der Waals surface area contributed by atoms with Gasteiger partial charge in [0, 0.05) is 30.7 Å². The zero-order chi connectivity index (χ0) is 16.7. The summed E-state index contributed by atoms with van der Waals surface area (Å²) >= 11 is 1.44. The van der Waals surface area contributed by atoms with E-state index in [0.717, 1.165) is 29.4 Å². The predicted molar refractivity (Wildman–Crippen MR) is 94.1 cm³/mol. The van der Waals surface area contributed by atoms with Crippen LogP contribution < -0.4 is 4.90 Å². The number of aromatic nitrogens is 2. The van der Waals surface area contributed by atoms with Crippen LogP contribution in [0.15, 0.2) is 23.7 Å². The van der Waals surface area contributed by atoms with Crippen molar-refractivity contribution in [1.29, 1.82) is 0 Å². The molecule has 0 aliphatic rings. The van der Waals surface area contributed by atoms with Gasteiger partial charge in [0.15, 0.2) is 5.69 Å². The van der Waals surface area contributed by atoms with E-state index in [0.29, 0.717) is 12.3 Å². The molecule has 0 N–H and O–H groups in total. The molecule has 0 fully saturated rings. The molecule has 2 heterocycles. The van der Waals surface area contributed by atoms with Crippen LogP contribution in [0.5, 0.6) is 0 Å². The highest BCUT2D eigenvalue weighted by atomic mass is 32.1. The van der Waals surface area contributed by atoms with Gasteiger partial charge in [-0.25, -0.2) is 14.8 Å². The minimum atomic E-state index is -0.374. The van der Waals surface area contributed by atoms with Crippen LogP contribution in [0.4, 0.5) is 5.82 Å². The first kappa shape index (κ1) is 17.4. The maximum atomic E-state index is 11.7. The Morgan fingerprint density at radius 1 is 1.35 bits per heavy atom. The number of hydrogen-bond donors (Lipinski definition) is 0. The molecule has 2 aromatic heterocycles. The fourth-order valence-corrected chi connectivity index (χ4v) is 2.97. The maximum Gasteiger partial charge on any atom is 0.357 e. The van der Waals surface area contributed by atoms with Crippen molar-refractivity contribution in [3.8, 4) is 10.6 Å². The summed E-state index contributed by atoms with van der Waals surface area (Å²) in [6, 6.07) is 3.93. The second-order valence-electron chi connectivity index (χ2n) is 5.29. The largest absolute Gasteiger partial charge is 0.461 e. The maximum absolute atomic E-state index is 11.7. The van der Waals surface area contributed by atoms with E-state index >= 15 is 0 Å². The van der Waals surface area contributed by atoms with Gasteiger partial charge < -0.3 is 9.64 Å². The molecule has 0 aliphatic carbocycles. The van der Waals surface area contributed by atoms with Crippen molar-refractivity contribution in [1.82, 2.24) is 9.97 Å². The third-order valence-electron chi connectivity index (χ3n) is 3.47. The van der Waals surface area contributed by atoms with Gasteiger partial charge in [-0.2, -0.15) is 0 Å². The molecule has 6 heteroatoms. The van der Waals surface area contributed by atoms with E-state index in [1.807, 2.05) is 19.2 Å². The number of carbonyl (C=O) groups excluding carboxylic acids is 1. The highest BCUT2D eigenvalue weighted by molar-refractivity contribution is 7.13. The van der Waals surface area contributed by atoms with Gasteiger partial charge in [0.1, 0.15) is 10.8 Å². The Morgan fingerprint density at radius 2 is 2.17 bits per heavy atom. The lowest BCUT2D eigenvalue weighted by molar-refractivity contribution is 0.0520. The Bertz CT molecular complexity index is 642. The van der Waals surface area contributed by atoms with Crippen LogP contribution in [0, 0.1) is 0 Å². The van der Waals surface area contributed by atoms with Crippen molar-refractivity contribution >= 4 is 23.1 Å². The summed E-state index contributed by atoms with van der Waals surface area (Å²) in [6.45, 7) is 5.32. The Balaban J connectivity index is 2.11. The Kier molecular flexibility index (Phi) is 6.52. The molecule has 0 spiro atoms. The minimum Gasteiger partial charge on any atom is -0.461 e. The Hall–Kier alpha value is -1.95. The van der Waals surface area contributed by atoms with E-state index in [2.05, 4.69) is 21.8 Å². The van der Waals surface area contributed by atoms with E-state index in [9.17, 15) is 4.79 Å². The molecular formula is C17H23N3O2S. The lowest BCUT2D eigenvalue weighted by Gasteiger charge is -2.18. The Morgan fingerprint density at radius 3 is 2.91 bits per heavy atom. The summed E-state index contributed by atoms with van der Waals surface area (Å²) in [6.07, 6.45) is 5.37. The molecule has 0 unspecified atom stereocenters. The number of thiazole rings is 1. The van der Waals surface area contributed by atoms with E-state index in [-0.39, 0.29) is 5.97 Å². The van der Waals surface area contributed by atoms with Crippen LogP contribution in [0.2, 0.25) is 0 Å². The first-order valence-electron chi connectivity index (χ1n) is 7.96. The average Bonchev–Trinajstić information content (AvgIpc) is 3.05. The second kappa shape index (κ2) is 8.62. The molecule has 5 nitrogen and oxygen atoms in total. The normalized spacial score (nSPS) is 10.6. The van der Waals surface area contributed by atoms with Crippen LogP contribution in [-0.4, -0.2) is 36.1 Å². The van der Waals surface area contributed by atoms with Crippen LogP contribution in [-0.2, 0) is 4.74 Å². The van der Waals surface area contributed by atoms with E-state index in [1.165, 1.54) is 24.2 Å². The monoisotopic (exact) mass is 333 g/mol. The SMILES string of the molecule is CCCCCN(C)c1cc(-c2nc(C(=O)OCC)cs2)ccn1. The van der Waals surface area contributed by atoms with Gasteiger partial charge in [-0.15, -0.1) is 11.3 Å². The smallest absolute Gasteiger partial charge is 0.357 e. The van der Waals surface area contributed by atoms with Crippen molar-refractivity contribution < 1.29 is 9.53 Å². The number of esters is 1. The van der Waals surface area contributed by atoms with E-state index in [4.69, 9.17) is 4.74 Å². The van der Waals surface area contributed by atoms with Crippen LogP contribution in [0.1, 0.15) is 43.6 Å². The molecule has 0 saturated heterocycles. The molecule has 0 aromatic carbocycles. The number of anilines is 1. The van der Waals surface area contributed by atoms with Gasteiger partial charge in [0.2, 0.25) is 0 Å². The molecule has 0 amide bonds. The van der Waals surface area contributed by atoms with Crippen LogP contribution in [0.3, 0.4) is 0 Å². The number of nitrogens with zero attached hydrogens (tertiary/aromatic N) is 3. The standard InChI is InChI=1S/C17H23N3O2S/c1-4-6-7-10-20(3)15-11-13(8-9-18-15)16-19-14(12-23-16)17(21)22-5-2/h8-9,11-12H,4-7,10H2,1-3H3. The number of hydrogen-bond acceptors (Lipinski definition) is 6. The average molecular weight is 333 g/mol. The van der Waals surface area contributed by atoms with Crippen LogP contribution in [0.25, 0.3) is 10.6 Å². The molecule has 0 radical (unpaired) electrons. The zero-order valence-corrected chi connectivity index (χ0v) is 14.7. The van der Waals surface area contributed by atoms with E-state index in [1.54, 1.807) is 18.5 Å². The van der Waals surface area contributed by atoms with Gasteiger partial charge in [0.05, 0.1) is 6.61 Å². The van der Waals surface area contributed by atoms with Gasteiger partial charge in [-0.05, 0) is 25.5 Å². The van der Waals surface area contributed by atoms with Crippen molar-refractivity contribution in [2.75, 3.05) is 25.1 Å². The number of rotatable bonds is 8. The molecular weight excluding hydrogens is 310 g/mol. The summed E-state index contributed by atoms with van der Waals surface area (Å²) in [7, 11) is 2.05. The highest BCUT2D eigenvalue weighted by Gasteiger charge is 2.13. The lowest BCUT2D eigenvalue weighted by atomic mass is 10.2. The van der Waals surface area contributed by atoms with Crippen molar-refractivity contribution in [3.63, 3.8) is 0 Å².